The Balaban J connectivity index is 2.25. The Hall–Kier alpha value is -0.920. The van der Waals surface area contributed by atoms with Crippen LogP contribution in [0.5, 0.6) is 0 Å². The van der Waals surface area contributed by atoms with E-state index in [4.69, 9.17) is 0 Å². The Morgan fingerprint density at radius 2 is 2.16 bits per heavy atom. The molecule has 19 heavy (non-hydrogen) atoms. The number of sulfonamides is 1. The normalized spacial score (nSPS) is 13.6. The van der Waals surface area contributed by atoms with Crippen LogP contribution in [0.2, 0.25) is 0 Å². The molecule has 1 heterocycles. The van der Waals surface area contributed by atoms with Crippen molar-refractivity contribution in [2.24, 2.45) is 0 Å². The molecule has 1 aromatic rings. The molecule has 0 saturated heterocycles. The Morgan fingerprint density at radius 3 is 2.79 bits per heavy atom. The zero-order valence-electron chi connectivity index (χ0n) is 11.7. The average molecular weight is 288 g/mol. The van der Waals surface area contributed by atoms with Crippen LogP contribution in [0.1, 0.15) is 26.7 Å². The van der Waals surface area contributed by atoms with E-state index in [1.165, 1.54) is 0 Å². The van der Waals surface area contributed by atoms with Gasteiger partial charge in [-0.2, -0.15) is 5.10 Å². The van der Waals surface area contributed by atoms with E-state index in [1.807, 2.05) is 19.2 Å². The SMILES string of the molecule is CCCNCCCS(=O)(=O)NC(C)Cn1cccn1. The van der Waals surface area contributed by atoms with Crippen molar-refractivity contribution < 1.29 is 8.42 Å². The van der Waals surface area contributed by atoms with Gasteiger partial charge >= 0.3 is 0 Å². The van der Waals surface area contributed by atoms with Gasteiger partial charge in [0.15, 0.2) is 0 Å². The minimum absolute atomic E-state index is 0.159. The van der Waals surface area contributed by atoms with E-state index in [0.29, 0.717) is 13.0 Å². The summed E-state index contributed by atoms with van der Waals surface area (Å²) < 4.78 is 28.1. The maximum absolute atomic E-state index is 11.8. The smallest absolute Gasteiger partial charge is 0.211 e. The third-order valence-electron chi connectivity index (χ3n) is 2.59. The number of nitrogens with one attached hydrogen (secondary N) is 2. The highest BCUT2D eigenvalue weighted by Gasteiger charge is 2.14. The predicted molar refractivity (Wildman–Crippen MR) is 76.4 cm³/mol. The number of hydrogen-bond donors (Lipinski definition) is 2. The Kier molecular flexibility index (Phi) is 7.04. The van der Waals surface area contributed by atoms with Crippen molar-refractivity contribution >= 4 is 10.0 Å². The molecule has 0 saturated carbocycles. The molecule has 7 heteroatoms. The van der Waals surface area contributed by atoms with Gasteiger partial charge in [-0.05, 0) is 38.9 Å². The van der Waals surface area contributed by atoms with E-state index >= 15 is 0 Å². The second-order valence-corrected chi connectivity index (χ2v) is 6.54. The molecule has 1 rings (SSSR count). The Bertz CT molecular complexity index is 431. The van der Waals surface area contributed by atoms with Gasteiger partial charge in [0.25, 0.3) is 0 Å². The molecule has 0 aliphatic carbocycles. The first kappa shape index (κ1) is 16.1. The van der Waals surface area contributed by atoms with Crippen molar-refractivity contribution in [3.8, 4) is 0 Å². The van der Waals surface area contributed by atoms with Crippen LogP contribution in [0.15, 0.2) is 18.5 Å². The molecule has 0 amide bonds. The standard InChI is InChI=1S/C12H24N4O2S/c1-3-6-13-7-5-10-19(17,18)15-12(2)11-16-9-4-8-14-16/h4,8-9,12-13,15H,3,5-7,10-11H2,1-2H3. The van der Waals surface area contributed by atoms with E-state index in [-0.39, 0.29) is 11.8 Å². The summed E-state index contributed by atoms with van der Waals surface area (Å²) in [5.41, 5.74) is 0. The maximum Gasteiger partial charge on any atom is 0.211 e. The zero-order valence-corrected chi connectivity index (χ0v) is 12.5. The highest BCUT2D eigenvalue weighted by molar-refractivity contribution is 7.89. The fourth-order valence-corrected chi connectivity index (χ4v) is 3.11. The molecule has 110 valence electrons. The molecule has 1 aromatic heterocycles. The minimum Gasteiger partial charge on any atom is -0.317 e. The van der Waals surface area contributed by atoms with Crippen molar-refractivity contribution in [2.75, 3.05) is 18.8 Å². The predicted octanol–water partition coefficient (Wildman–Crippen LogP) is 0.581. The molecule has 1 atom stereocenters. The zero-order chi connectivity index (χ0) is 14.1. The molecule has 0 fully saturated rings. The topological polar surface area (TPSA) is 76.0 Å². The van der Waals surface area contributed by atoms with Crippen molar-refractivity contribution in [1.29, 1.82) is 0 Å². The third kappa shape index (κ3) is 7.29. The lowest BCUT2D eigenvalue weighted by Crippen LogP contribution is -2.37. The van der Waals surface area contributed by atoms with E-state index in [9.17, 15) is 8.42 Å². The molecule has 2 N–H and O–H groups in total. The summed E-state index contributed by atoms with van der Waals surface area (Å²) in [5.74, 6) is 0.160. The number of aromatic nitrogens is 2. The lowest BCUT2D eigenvalue weighted by Gasteiger charge is -2.14. The summed E-state index contributed by atoms with van der Waals surface area (Å²) in [7, 11) is -3.20. The first-order valence-electron chi connectivity index (χ1n) is 6.71. The van der Waals surface area contributed by atoms with Gasteiger partial charge in [-0.25, -0.2) is 13.1 Å². The van der Waals surface area contributed by atoms with E-state index in [0.717, 1.165) is 19.5 Å². The first-order chi connectivity index (χ1) is 9.03. The first-order valence-corrected chi connectivity index (χ1v) is 8.37. The highest BCUT2D eigenvalue weighted by Crippen LogP contribution is 1.96. The highest BCUT2D eigenvalue weighted by atomic mass is 32.2. The molecule has 0 aliphatic rings. The summed E-state index contributed by atoms with van der Waals surface area (Å²) >= 11 is 0. The van der Waals surface area contributed by atoms with Crippen LogP contribution >= 0.6 is 0 Å². The third-order valence-corrected chi connectivity index (χ3v) is 4.18. The molecule has 0 aromatic carbocycles. The molecule has 6 nitrogen and oxygen atoms in total. The van der Waals surface area contributed by atoms with Gasteiger partial charge in [0.1, 0.15) is 0 Å². The quantitative estimate of drug-likeness (QED) is 0.618. The summed E-state index contributed by atoms with van der Waals surface area (Å²) in [6.07, 6.45) is 5.19. The van der Waals surface area contributed by atoms with E-state index in [1.54, 1.807) is 10.9 Å². The van der Waals surface area contributed by atoms with Crippen molar-refractivity contribution in [1.82, 2.24) is 19.8 Å². The maximum atomic E-state index is 11.8. The van der Waals surface area contributed by atoms with Gasteiger partial charge in [-0.1, -0.05) is 6.92 Å². The largest absolute Gasteiger partial charge is 0.317 e. The Morgan fingerprint density at radius 1 is 1.37 bits per heavy atom. The van der Waals surface area contributed by atoms with Gasteiger partial charge in [0.05, 0.1) is 12.3 Å². The van der Waals surface area contributed by atoms with Crippen molar-refractivity contribution in [3.63, 3.8) is 0 Å². The van der Waals surface area contributed by atoms with Gasteiger partial charge in [0, 0.05) is 18.4 Å². The second-order valence-electron chi connectivity index (χ2n) is 4.67. The summed E-state index contributed by atoms with van der Waals surface area (Å²) in [6.45, 7) is 6.14. The van der Waals surface area contributed by atoms with Crippen LogP contribution in [0.4, 0.5) is 0 Å². The monoisotopic (exact) mass is 288 g/mol. The van der Waals surface area contributed by atoms with Crippen LogP contribution in [0.25, 0.3) is 0 Å². The molecule has 0 aliphatic heterocycles. The van der Waals surface area contributed by atoms with Crippen molar-refractivity contribution in [2.45, 2.75) is 39.3 Å². The molecular weight excluding hydrogens is 264 g/mol. The van der Waals surface area contributed by atoms with Crippen LogP contribution in [-0.4, -0.2) is 43.1 Å². The van der Waals surface area contributed by atoms with Crippen LogP contribution in [-0.2, 0) is 16.6 Å². The molecule has 1 unspecified atom stereocenters. The molecule has 0 radical (unpaired) electrons. The van der Waals surface area contributed by atoms with Gasteiger partial charge in [-0.3, -0.25) is 4.68 Å². The number of rotatable bonds is 10. The van der Waals surface area contributed by atoms with Crippen LogP contribution < -0.4 is 10.0 Å². The summed E-state index contributed by atoms with van der Waals surface area (Å²) in [5, 5.41) is 7.24. The summed E-state index contributed by atoms with van der Waals surface area (Å²) in [6, 6.07) is 1.66. The van der Waals surface area contributed by atoms with Gasteiger partial charge in [0.2, 0.25) is 10.0 Å². The number of hydrogen-bond acceptors (Lipinski definition) is 4. The summed E-state index contributed by atoms with van der Waals surface area (Å²) in [4.78, 5) is 0. The van der Waals surface area contributed by atoms with E-state index < -0.39 is 10.0 Å². The van der Waals surface area contributed by atoms with E-state index in [2.05, 4.69) is 22.1 Å². The Labute approximate surface area is 115 Å². The molecule has 0 bridgehead atoms. The average Bonchev–Trinajstić information content (AvgIpc) is 2.80. The van der Waals surface area contributed by atoms with Crippen molar-refractivity contribution in [3.05, 3.63) is 18.5 Å². The lowest BCUT2D eigenvalue weighted by atomic mass is 10.4. The lowest BCUT2D eigenvalue weighted by molar-refractivity contribution is 0.492. The minimum atomic E-state index is -3.20. The van der Waals surface area contributed by atoms with Gasteiger partial charge < -0.3 is 5.32 Å². The fourth-order valence-electron chi connectivity index (χ4n) is 1.78. The molecule has 0 spiro atoms. The second kappa shape index (κ2) is 8.29. The number of nitrogens with zero attached hydrogens (tertiary/aromatic N) is 2. The van der Waals surface area contributed by atoms with Crippen LogP contribution in [0.3, 0.4) is 0 Å². The van der Waals surface area contributed by atoms with Crippen LogP contribution in [0, 0.1) is 0 Å². The van der Waals surface area contributed by atoms with Gasteiger partial charge in [-0.15, -0.1) is 0 Å². The fraction of sp³-hybridized carbons (Fsp3) is 0.750. The molecular formula is C12H24N4O2S.